The summed E-state index contributed by atoms with van der Waals surface area (Å²) in [5, 5.41) is 99.6. The Morgan fingerprint density at radius 3 is 0.597 bits per heavy atom. The molecule has 0 aliphatic heterocycles. The van der Waals surface area contributed by atoms with Gasteiger partial charge in [0, 0.05) is 255 Å². The van der Waals surface area contributed by atoms with E-state index in [0.29, 0.717) is 24.2 Å². The molecule has 0 fully saturated rings. The van der Waals surface area contributed by atoms with Crippen LogP contribution in [0.15, 0.2) is 70.2 Å². The third kappa shape index (κ3) is 82.4. The molecule has 8 unspecified atom stereocenters. The summed E-state index contributed by atoms with van der Waals surface area (Å²) in [5.74, 6) is 0. The SMILES string of the molecule is C=CC(O)C(=NC(C)C)[Si](C)(C)C.C=CC(O)C(=NCC)[Si](C)(C)C.CC(C)N=C(C(C)O)[Si](C)(C)C.CC(C)N=C(C(O)[Si](C)(C)C)[Si](C)(C)C.CC(C)N=C(CO)[Si](C)(C)C.CCC(O)C(=NC(C)C)[Si](C)(C)C.CCN=C(C(O)[Si](C)(C)C)[Si](C)(C)C.CCN=C(C(O)[Si](CC)(CC)CC)[Si](C)(C)C.CC[Si](CC)(CC)C(O)C(=NC(C)C)[Si](C)(C)C.[Co].[Co].[Co].[Co].[Co].[Co].[Co].[Co].[Co]. The van der Waals surface area contributed by atoms with Crippen LogP contribution in [0.4, 0.5) is 0 Å². The van der Waals surface area contributed by atoms with Gasteiger partial charge in [-0.15, -0.1) is 13.2 Å². The molecule has 0 aromatic rings. The molecular formula is C94H219Co9N9O9Si13. The molecule has 9 N–H and O–H groups in total. The average molecular weight is 2520 g/mol. The standard InChI is InChI=1S/C14H33NOSi2.C13H31NOSi2.C11H27NOSi2.C10H25NOSi2.C10H23NOSi.C10H21NOSi.C9H21NOSi.C9H19NOSi.C8H19NOSi.9Co/c1-9-18(10-2,11-3)14(16)13(15-12(4)5)17(6,7)8;1-8-14-12(16(5,6)7)13(15)17(9-2,10-3)11-4;1-9(2)12-10(14(3,4)5)11(13)15(6,7)8;1-8-11-9(13(2,3)4)10(12)14(5,6)7;2*1-7-9(12)10(11-8(2)3)13(4,5)6;1-7(2)10-9(8(3)11)12(4,5)6;1-6-8(11)9(10-7-2)12(3,4)5;1-7(2)9-8(6-10)11(3,4)5;;;;;;;;;/h12,14,16H,9-11H2,1-8H3;13,15H,8-11H2,1-7H3;9,11,13H,1-8H3;10,12H,8H2,1-7H3;8-9,12H,7H2,1-6H3;7-9,12H,1H2,2-6H3;7-8,11H,1-6H3;6,8,11H,1,7H2,2-5H3;7,10H,6H2,1-5H3;;;;;;;;;. The van der Waals surface area contributed by atoms with Crippen molar-refractivity contribution in [2.24, 2.45) is 44.9 Å². The first-order valence-corrected chi connectivity index (χ1v) is 92.1. The number of aliphatic hydroxyl groups is 9. The number of aliphatic imine (C=N–C) groups is 9. The largest absolute Gasteiger partial charge is 0.391 e. The Morgan fingerprint density at radius 1 is 0.246 bits per heavy atom. The molecule has 8 atom stereocenters. The quantitative estimate of drug-likeness (QED) is 0.0160. The van der Waals surface area contributed by atoms with Gasteiger partial charge in [-0.2, -0.15) is 0 Å². The van der Waals surface area contributed by atoms with Gasteiger partial charge in [0.15, 0.2) is 0 Å². The summed E-state index contributed by atoms with van der Waals surface area (Å²) in [7, 11) is -19.4. The molecule has 0 bridgehead atoms. The minimum absolute atomic E-state index is 0. The summed E-state index contributed by atoms with van der Waals surface area (Å²) in [6, 6.07) is 8.67. The van der Waals surface area contributed by atoms with E-state index in [1.165, 1.54) is 0 Å². The fourth-order valence-corrected chi connectivity index (χ4v) is 45.3. The first-order chi connectivity index (χ1) is 55.6. The van der Waals surface area contributed by atoms with Gasteiger partial charge in [-0.05, 0) is 117 Å². The van der Waals surface area contributed by atoms with Crippen LogP contribution in [0.2, 0.25) is 252 Å². The normalized spacial score (nSPS) is 15.2. The van der Waals surface area contributed by atoms with Crippen LogP contribution in [0.25, 0.3) is 0 Å². The van der Waals surface area contributed by atoms with Crippen LogP contribution in [0.5, 0.6) is 0 Å². The number of hydrogen-bond acceptors (Lipinski definition) is 18. The number of hydrogen-bond donors (Lipinski definition) is 9. The fraction of sp³-hybridized carbons (Fsp3) is 0.862. The van der Waals surface area contributed by atoms with Gasteiger partial charge in [0.25, 0.3) is 0 Å². The molecule has 18 nitrogen and oxygen atoms in total. The van der Waals surface area contributed by atoms with E-state index in [0.717, 1.165) is 110 Å². The topological polar surface area (TPSA) is 293 Å². The van der Waals surface area contributed by atoms with E-state index < -0.39 is 117 Å². The molecule has 0 heterocycles. The molecule has 134 heavy (non-hydrogen) atoms. The predicted octanol–water partition coefficient (Wildman–Crippen LogP) is 23.8. The van der Waals surface area contributed by atoms with Crippen molar-refractivity contribution < 1.29 is 197 Å². The minimum atomic E-state index is -1.60. The molecule has 827 valence electrons. The van der Waals surface area contributed by atoms with Crippen molar-refractivity contribution >= 4 is 153 Å². The zero-order chi connectivity index (χ0) is 102. The van der Waals surface area contributed by atoms with Gasteiger partial charge in [0.2, 0.25) is 0 Å². The second-order valence-corrected chi connectivity index (χ2v) is 113. The molecular weight excluding hydrogens is 2290 g/mol. The maximum absolute atomic E-state index is 11.0. The second-order valence-electron chi connectivity index (χ2n) is 46.8. The summed E-state index contributed by atoms with van der Waals surface area (Å²) in [5.41, 5.74) is -0.971. The van der Waals surface area contributed by atoms with Crippen LogP contribution in [0.3, 0.4) is 0 Å². The summed E-state index contributed by atoms with van der Waals surface area (Å²) in [6.45, 7) is 131. The van der Waals surface area contributed by atoms with E-state index in [9.17, 15) is 40.9 Å². The monoisotopic (exact) mass is 2510 g/mol. The smallest absolute Gasteiger partial charge is 0.105 e. The van der Waals surface area contributed by atoms with Crippen molar-refractivity contribution in [1.82, 2.24) is 0 Å². The average Bonchev–Trinajstić information content (AvgIpc) is 0.798. The maximum atomic E-state index is 11.0. The third-order valence-corrected chi connectivity index (χ3v) is 54.9. The zero-order valence-electron chi connectivity index (χ0n) is 96.5. The number of aliphatic hydroxyl groups excluding tert-OH is 9. The van der Waals surface area contributed by atoms with Crippen molar-refractivity contribution in [2.75, 3.05) is 26.2 Å². The Bertz CT molecular complexity index is 3200. The van der Waals surface area contributed by atoms with Crippen molar-refractivity contribution in [3.05, 3.63) is 25.3 Å². The Balaban J connectivity index is -0.0000000703. The molecule has 0 spiro atoms. The molecule has 40 heteroatoms. The molecule has 0 aliphatic rings. The number of nitrogens with zero attached hydrogens (tertiary/aromatic N) is 9. The van der Waals surface area contributed by atoms with E-state index in [-0.39, 0.29) is 205 Å². The zero-order valence-corrected chi connectivity index (χ0v) is 119. The summed E-state index contributed by atoms with van der Waals surface area (Å²) in [6.07, 6.45) is 2.07. The van der Waals surface area contributed by atoms with Gasteiger partial charge >= 0.3 is 0 Å². The van der Waals surface area contributed by atoms with Crippen molar-refractivity contribution in [3.63, 3.8) is 0 Å². The summed E-state index contributed by atoms with van der Waals surface area (Å²) >= 11 is 0. The van der Waals surface area contributed by atoms with Crippen LogP contribution >= 0.6 is 0 Å². The predicted molar refractivity (Wildman–Crippen MR) is 612 cm³/mol. The minimum Gasteiger partial charge on any atom is -0.391 e. The van der Waals surface area contributed by atoms with Crippen molar-refractivity contribution in [3.8, 4) is 0 Å². The van der Waals surface area contributed by atoms with E-state index >= 15 is 0 Å². The number of rotatable bonds is 40. The van der Waals surface area contributed by atoms with Gasteiger partial charge in [0.05, 0.1) is 147 Å². The van der Waals surface area contributed by atoms with E-state index in [1.807, 2.05) is 62.3 Å². The van der Waals surface area contributed by atoms with Gasteiger partial charge in [-0.1, -0.05) is 313 Å². The molecule has 0 saturated heterocycles. The van der Waals surface area contributed by atoms with Crippen LogP contribution in [-0.2, 0) is 151 Å². The van der Waals surface area contributed by atoms with Gasteiger partial charge in [-0.3, -0.25) is 44.9 Å². The van der Waals surface area contributed by atoms with Crippen molar-refractivity contribution in [2.45, 2.75) is 502 Å². The molecule has 0 aliphatic carbocycles. The molecule has 0 rings (SSSR count). The summed E-state index contributed by atoms with van der Waals surface area (Å²) in [4.78, 5) is 40.9. The molecule has 9 radical (unpaired) electrons. The van der Waals surface area contributed by atoms with Crippen molar-refractivity contribution in [1.29, 1.82) is 0 Å². The van der Waals surface area contributed by atoms with Crippen LogP contribution < -0.4 is 0 Å². The van der Waals surface area contributed by atoms with E-state index in [4.69, 9.17) is 10.1 Å². The van der Waals surface area contributed by atoms with Gasteiger partial charge in [0.1, 0.15) is 12.2 Å². The Kier molecular flexibility index (Phi) is 113. The third-order valence-electron chi connectivity index (χ3n) is 20.7. The van der Waals surface area contributed by atoms with E-state index in [1.54, 1.807) is 19.1 Å². The maximum Gasteiger partial charge on any atom is 0.105 e. The Hall–Kier alpha value is 3.53. The molecule has 0 aromatic carbocycles. The van der Waals surface area contributed by atoms with E-state index in [2.05, 4.69) is 359 Å². The van der Waals surface area contributed by atoms with Crippen LogP contribution in [0.1, 0.15) is 166 Å². The first-order valence-electron chi connectivity index (χ1n) is 48.0. The fourth-order valence-electron chi connectivity index (χ4n) is 13.2. The van der Waals surface area contributed by atoms with Gasteiger partial charge in [-0.25, -0.2) is 0 Å². The Morgan fingerprint density at radius 2 is 0.433 bits per heavy atom. The first kappa shape index (κ1) is 179. The summed E-state index contributed by atoms with van der Waals surface area (Å²) < 4.78 is 0. The second kappa shape index (κ2) is 84.2. The Labute approximate surface area is 937 Å². The molecule has 0 amide bonds. The molecule has 0 aromatic heterocycles. The van der Waals surface area contributed by atoms with Gasteiger partial charge < -0.3 is 46.0 Å². The van der Waals surface area contributed by atoms with Crippen LogP contribution in [-0.4, -0.2) is 309 Å². The van der Waals surface area contributed by atoms with Crippen LogP contribution in [0, 0.1) is 0 Å². The molecule has 0 saturated carbocycles.